The van der Waals surface area contributed by atoms with E-state index in [9.17, 15) is 9.59 Å². The lowest BCUT2D eigenvalue weighted by Gasteiger charge is -2.13. The second-order valence-electron chi connectivity index (χ2n) is 6.84. The highest BCUT2D eigenvalue weighted by Gasteiger charge is 2.17. The number of carbonyl (C=O) groups is 1. The molecule has 1 aliphatic heterocycles. The van der Waals surface area contributed by atoms with E-state index in [-0.39, 0.29) is 17.4 Å². The highest BCUT2D eigenvalue weighted by Crippen LogP contribution is 2.17. The molecule has 1 N–H and O–H groups in total. The molecule has 0 unspecified atom stereocenters. The molecule has 0 spiro atoms. The highest BCUT2D eigenvalue weighted by molar-refractivity contribution is 5.97. The summed E-state index contributed by atoms with van der Waals surface area (Å²) < 4.78 is 1.74. The van der Waals surface area contributed by atoms with Crippen LogP contribution in [0.1, 0.15) is 41.0 Å². The van der Waals surface area contributed by atoms with Gasteiger partial charge in [-0.05, 0) is 36.1 Å². The van der Waals surface area contributed by atoms with Crippen molar-refractivity contribution in [3.8, 4) is 0 Å². The zero-order valence-electron chi connectivity index (χ0n) is 14.7. The molecule has 2 heterocycles. The molecule has 0 bridgehead atoms. The van der Waals surface area contributed by atoms with Crippen LogP contribution < -0.4 is 10.9 Å². The van der Waals surface area contributed by atoms with Crippen LogP contribution in [0.4, 0.5) is 0 Å². The van der Waals surface area contributed by atoms with E-state index in [0.717, 1.165) is 25.2 Å². The Balaban J connectivity index is 1.54. The first kappa shape index (κ1) is 16.5. The van der Waals surface area contributed by atoms with Crippen LogP contribution >= 0.6 is 0 Å². The maximum absolute atomic E-state index is 12.5. The van der Waals surface area contributed by atoms with Crippen molar-refractivity contribution >= 4 is 16.8 Å². The van der Waals surface area contributed by atoms with Crippen LogP contribution in [-0.2, 0) is 13.0 Å². The normalized spacial score (nSPS) is 14.2. The molecule has 0 saturated carbocycles. The van der Waals surface area contributed by atoms with E-state index in [0.29, 0.717) is 23.0 Å². The third-order valence-corrected chi connectivity index (χ3v) is 5.02. The summed E-state index contributed by atoms with van der Waals surface area (Å²) in [4.78, 5) is 29.6. The van der Waals surface area contributed by atoms with Crippen LogP contribution in [0.2, 0.25) is 0 Å². The number of nitrogens with one attached hydrogen (secondary N) is 1. The minimum atomic E-state index is -0.142. The van der Waals surface area contributed by atoms with Crippen molar-refractivity contribution in [2.75, 3.05) is 6.54 Å². The van der Waals surface area contributed by atoms with E-state index >= 15 is 0 Å². The van der Waals surface area contributed by atoms with Gasteiger partial charge >= 0.3 is 0 Å². The smallest absolute Gasteiger partial charge is 0.261 e. The van der Waals surface area contributed by atoms with Crippen molar-refractivity contribution in [1.82, 2.24) is 14.9 Å². The summed E-state index contributed by atoms with van der Waals surface area (Å²) in [5, 5.41) is 3.55. The Bertz CT molecular complexity index is 1020. The second kappa shape index (κ2) is 6.75. The fourth-order valence-electron chi connectivity index (χ4n) is 3.47. The molecule has 4 rings (SSSR count). The first-order valence-electron chi connectivity index (χ1n) is 9.00. The number of amides is 1. The van der Waals surface area contributed by atoms with E-state index < -0.39 is 0 Å². The topological polar surface area (TPSA) is 64.0 Å². The molecule has 1 aromatic heterocycles. The SMILES string of the molecule is C[C@@H](CNC(=O)c1ccc2c(=O)n3c(nc2c1)CCC3)c1ccccc1. The van der Waals surface area contributed by atoms with E-state index in [1.807, 2.05) is 18.2 Å². The summed E-state index contributed by atoms with van der Waals surface area (Å²) >= 11 is 0. The quantitative estimate of drug-likeness (QED) is 0.789. The van der Waals surface area contributed by atoms with Gasteiger partial charge in [-0.25, -0.2) is 4.98 Å². The predicted octanol–water partition coefficient (Wildman–Crippen LogP) is 2.88. The Kier molecular flexibility index (Phi) is 4.29. The molecule has 5 nitrogen and oxygen atoms in total. The minimum absolute atomic E-state index is 0.00726. The van der Waals surface area contributed by atoms with E-state index in [2.05, 4.69) is 29.4 Å². The lowest BCUT2D eigenvalue weighted by atomic mass is 10.0. The van der Waals surface area contributed by atoms with Gasteiger partial charge in [0.2, 0.25) is 0 Å². The fourth-order valence-corrected chi connectivity index (χ4v) is 3.47. The molecule has 3 aromatic rings. The molecule has 2 aromatic carbocycles. The average molecular weight is 347 g/mol. The zero-order valence-corrected chi connectivity index (χ0v) is 14.7. The van der Waals surface area contributed by atoms with Gasteiger partial charge in [0, 0.05) is 25.1 Å². The van der Waals surface area contributed by atoms with Gasteiger partial charge in [-0.2, -0.15) is 0 Å². The van der Waals surface area contributed by atoms with E-state index in [4.69, 9.17) is 0 Å². The van der Waals surface area contributed by atoms with Gasteiger partial charge in [-0.3, -0.25) is 14.2 Å². The van der Waals surface area contributed by atoms with Crippen molar-refractivity contribution in [2.45, 2.75) is 32.2 Å². The number of rotatable bonds is 4. The Hall–Kier alpha value is -2.95. The number of benzene rings is 2. The van der Waals surface area contributed by atoms with Gasteiger partial charge in [0.25, 0.3) is 11.5 Å². The Morgan fingerprint density at radius 2 is 2.04 bits per heavy atom. The average Bonchev–Trinajstić information content (AvgIpc) is 3.15. The maximum Gasteiger partial charge on any atom is 0.261 e. The van der Waals surface area contributed by atoms with Crippen LogP contribution in [0.5, 0.6) is 0 Å². The number of hydrogen-bond acceptors (Lipinski definition) is 3. The third kappa shape index (κ3) is 3.01. The summed E-state index contributed by atoms with van der Waals surface area (Å²) in [6, 6.07) is 15.2. The van der Waals surface area contributed by atoms with Crippen LogP contribution in [0.25, 0.3) is 10.9 Å². The van der Waals surface area contributed by atoms with Crippen molar-refractivity contribution in [2.24, 2.45) is 0 Å². The number of fused-ring (bicyclic) bond motifs is 2. The van der Waals surface area contributed by atoms with Crippen molar-refractivity contribution < 1.29 is 4.79 Å². The molecule has 1 atom stereocenters. The summed E-state index contributed by atoms with van der Waals surface area (Å²) in [5.41, 5.74) is 2.32. The van der Waals surface area contributed by atoms with Gasteiger partial charge < -0.3 is 5.32 Å². The molecule has 0 aliphatic carbocycles. The molecule has 1 aliphatic rings. The Labute approximate surface area is 151 Å². The lowest BCUT2D eigenvalue weighted by molar-refractivity contribution is 0.0952. The molecule has 0 fully saturated rings. The molecular weight excluding hydrogens is 326 g/mol. The second-order valence-corrected chi connectivity index (χ2v) is 6.84. The largest absolute Gasteiger partial charge is 0.351 e. The molecule has 0 radical (unpaired) electrons. The zero-order chi connectivity index (χ0) is 18.1. The standard InChI is InChI=1S/C21H21N3O2/c1-14(15-6-3-2-4-7-15)13-22-20(25)16-9-10-17-18(12-16)23-19-8-5-11-24(19)21(17)26/h2-4,6-7,9-10,12,14H,5,8,11,13H2,1H3,(H,22,25)/t14-/m0/s1. The maximum atomic E-state index is 12.5. The minimum Gasteiger partial charge on any atom is -0.351 e. The summed E-state index contributed by atoms with van der Waals surface area (Å²) in [6.07, 6.45) is 1.76. The van der Waals surface area contributed by atoms with Crippen LogP contribution in [-0.4, -0.2) is 22.0 Å². The molecule has 0 saturated heterocycles. The molecular formula is C21H21N3O2. The van der Waals surface area contributed by atoms with Gasteiger partial charge in [0.15, 0.2) is 0 Å². The van der Waals surface area contributed by atoms with E-state index in [1.165, 1.54) is 5.56 Å². The molecule has 1 amide bonds. The number of aromatic nitrogens is 2. The number of hydrogen-bond donors (Lipinski definition) is 1. The lowest BCUT2D eigenvalue weighted by Crippen LogP contribution is -2.27. The monoisotopic (exact) mass is 347 g/mol. The summed E-state index contributed by atoms with van der Waals surface area (Å²) in [7, 11) is 0. The van der Waals surface area contributed by atoms with Gasteiger partial charge in [0.05, 0.1) is 10.9 Å². The predicted molar refractivity (Wildman–Crippen MR) is 102 cm³/mol. The Morgan fingerprint density at radius 1 is 1.23 bits per heavy atom. The third-order valence-electron chi connectivity index (χ3n) is 5.02. The number of aryl methyl sites for hydroxylation is 1. The van der Waals surface area contributed by atoms with Crippen LogP contribution in [0, 0.1) is 0 Å². The number of nitrogens with zero attached hydrogens (tertiary/aromatic N) is 2. The van der Waals surface area contributed by atoms with E-state index in [1.54, 1.807) is 22.8 Å². The van der Waals surface area contributed by atoms with Gasteiger partial charge in [-0.15, -0.1) is 0 Å². The first-order chi connectivity index (χ1) is 12.6. The molecule has 26 heavy (non-hydrogen) atoms. The first-order valence-corrected chi connectivity index (χ1v) is 9.00. The van der Waals surface area contributed by atoms with Crippen molar-refractivity contribution in [1.29, 1.82) is 0 Å². The summed E-state index contributed by atoms with van der Waals surface area (Å²) in [5.74, 6) is 0.904. The Morgan fingerprint density at radius 3 is 2.85 bits per heavy atom. The summed E-state index contributed by atoms with van der Waals surface area (Å²) in [6.45, 7) is 3.37. The van der Waals surface area contributed by atoms with Crippen LogP contribution in [0.15, 0.2) is 53.3 Å². The number of carbonyl (C=O) groups excluding carboxylic acids is 1. The van der Waals surface area contributed by atoms with Gasteiger partial charge in [0.1, 0.15) is 5.82 Å². The molecule has 5 heteroatoms. The van der Waals surface area contributed by atoms with Crippen molar-refractivity contribution in [3.05, 3.63) is 75.8 Å². The highest BCUT2D eigenvalue weighted by atomic mass is 16.1. The van der Waals surface area contributed by atoms with Crippen molar-refractivity contribution in [3.63, 3.8) is 0 Å². The van der Waals surface area contributed by atoms with Gasteiger partial charge in [-0.1, -0.05) is 37.3 Å². The fraction of sp³-hybridized carbons (Fsp3) is 0.286. The van der Waals surface area contributed by atoms with Crippen LogP contribution in [0.3, 0.4) is 0 Å². The molecule has 132 valence electrons.